The smallest absolute Gasteiger partial charge is 0.288 e. The quantitative estimate of drug-likeness (QED) is 0.401. The van der Waals surface area contributed by atoms with E-state index >= 15 is 0 Å². The van der Waals surface area contributed by atoms with Gasteiger partial charge >= 0.3 is 6.18 Å². The number of carbonyl (C=O) groups is 1. The Balaban J connectivity index is 1.92. The van der Waals surface area contributed by atoms with Crippen molar-refractivity contribution < 1.29 is 26.4 Å². The molecule has 0 amide bonds. The fraction of sp³-hybridized carbons (Fsp3) is 0.0833. The molecule has 0 spiro atoms. The minimum absolute atomic E-state index is 0.00838. The van der Waals surface area contributed by atoms with Crippen LogP contribution in [0.5, 0.6) is 0 Å². The van der Waals surface area contributed by atoms with Crippen molar-refractivity contribution in [1.29, 1.82) is 0 Å². The lowest BCUT2D eigenvalue weighted by Gasteiger charge is -2.14. The van der Waals surface area contributed by atoms with Crippen LogP contribution in [0.4, 0.5) is 13.2 Å². The zero-order valence-corrected chi connectivity index (χ0v) is 17.9. The van der Waals surface area contributed by atoms with Gasteiger partial charge in [-0.2, -0.15) is 13.2 Å². The molecule has 0 radical (unpaired) electrons. The van der Waals surface area contributed by atoms with Crippen LogP contribution >= 0.6 is 0 Å². The summed E-state index contributed by atoms with van der Waals surface area (Å²) < 4.78 is 66.1. The first-order chi connectivity index (χ1) is 15.5. The van der Waals surface area contributed by atoms with Gasteiger partial charge in [-0.25, -0.2) is 12.4 Å². The van der Waals surface area contributed by atoms with Gasteiger partial charge in [0.1, 0.15) is 0 Å². The molecule has 0 atom stereocenters. The molecule has 0 bridgehead atoms. The van der Waals surface area contributed by atoms with E-state index in [-0.39, 0.29) is 21.4 Å². The lowest BCUT2D eigenvalue weighted by atomic mass is 10.0. The third-order valence-electron chi connectivity index (χ3n) is 5.17. The molecule has 0 saturated heterocycles. The molecule has 0 aliphatic heterocycles. The molecule has 0 N–H and O–H groups in total. The molecule has 0 unspecified atom stereocenters. The zero-order valence-electron chi connectivity index (χ0n) is 17.1. The summed E-state index contributed by atoms with van der Waals surface area (Å²) in [6, 6.07) is 15.3. The maximum Gasteiger partial charge on any atom is 0.416 e. The molecule has 0 fully saturated rings. The molecule has 9 heteroatoms. The SMILES string of the molecule is Cc1ccc(S(=O)(=O)n2cc(C(=O)c3ccc(C(F)(F)F)cc3)c(=O)c3ccccc32)cc1. The third-order valence-corrected chi connectivity index (χ3v) is 6.86. The van der Waals surface area contributed by atoms with Crippen LogP contribution in [-0.2, 0) is 16.2 Å². The molecule has 0 aliphatic rings. The number of aryl methyl sites for hydroxylation is 1. The van der Waals surface area contributed by atoms with E-state index in [2.05, 4.69) is 0 Å². The van der Waals surface area contributed by atoms with E-state index in [4.69, 9.17) is 0 Å². The third kappa shape index (κ3) is 4.07. The first-order valence-corrected chi connectivity index (χ1v) is 11.1. The second kappa shape index (κ2) is 8.00. The fourth-order valence-corrected chi connectivity index (χ4v) is 4.77. The van der Waals surface area contributed by atoms with E-state index in [9.17, 15) is 31.2 Å². The highest BCUT2D eigenvalue weighted by Gasteiger charge is 2.30. The van der Waals surface area contributed by atoms with Gasteiger partial charge in [-0.05, 0) is 43.3 Å². The Morgan fingerprint density at radius 3 is 2.09 bits per heavy atom. The topological polar surface area (TPSA) is 73.2 Å². The Bertz CT molecular complexity index is 1540. The molecule has 4 aromatic rings. The van der Waals surface area contributed by atoms with Gasteiger partial charge in [-0.3, -0.25) is 9.59 Å². The maximum atomic E-state index is 13.4. The standard InChI is InChI=1S/C24H16F3NO4S/c1-15-6-12-18(13-7-15)33(31,32)28-14-20(23(30)19-4-2-3-5-21(19)28)22(29)16-8-10-17(11-9-16)24(25,26)27/h2-14H,1H3. The normalized spacial score (nSPS) is 12.1. The van der Waals surface area contributed by atoms with E-state index < -0.39 is 38.5 Å². The summed E-state index contributed by atoms with van der Waals surface area (Å²) in [6.07, 6.45) is -3.65. The number of hydrogen-bond acceptors (Lipinski definition) is 4. The summed E-state index contributed by atoms with van der Waals surface area (Å²) in [5, 5.41) is -0.00838. The molecule has 0 aliphatic carbocycles. The highest BCUT2D eigenvalue weighted by atomic mass is 32.2. The monoisotopic (exact) mass is 471 g/mol. The number of nitrogens with zero attached hydrogens (tertiary/aromatic N) is 1. The van der Waals surface area contributed by atoms with Gasteiger partial charge in [0.25, 0.3) is 10.0 Å². The first-order valence-electron chi connectivity index (χ1n) is 9.69. The lowest BCUT2D eigenvalue weighted by Crippen LogP contribution is -2.23. The Labute approximate surface area is 186 Å². The van der Waals surface area contributed by atoms with Gasteiger partial charge in [-0.15, -0.1) is 0 Å². The van der Waals surface area contributed by atoms with Crippen molar-refractivity contribution in [3.05, 3.63) is 111 Å². The van der Waals surface area contributed by atoms with Gasteiger partial charge in [-0.1, -0.05) is 42.0 Å². The minimum Gasteiger partial charge on any atom is -0.288 e. The van der Waals surface area contributed by atoms with Crippen LogP contribution in [-0.4, -0.2) is 18.2 Å². The lowest BCUT2D eigenvalue weighted by molar-refractivity contribution is -0.137. The number of fused-ring (bicyclic) bond motifs is 1. The summed E-state index contributed by atoms with van der Waals surface area (Å²) in [5.41, 5.74) is -1.38. The van der Waals surface area contributed by atoms with Crippen LogP contribution in [0, 0.1) is 6.92 Å². The van der Waals surface area contributed by atoms with Crippen LogP contribution in [0.15, 0.2) is 88.7 Å². The molecule has 1 heterocycles. The van der Waals surface area contributed by atoms with E-state index in [1.807, 2.05) is 0 Å². The number of carbonyl (C=O) groups excluding carboxylic acids is 1. The average Bonchev–Trinajstić information content (AvgIpc) is 2.79. The van der Waals surface area contributed by atoms with Crippen molar-refractivity contribution in [2.24, 2.45) is 0 Å². The van der Waals surface area contributed by atoms with Gasteiger partial charge in [0.15, 0.2) is 5.78 Å². The Kier molecular flexibility index (Phi) is 5.45. The Morgan fingerprint density at radius 2 is 1.48 bits per heavy atom. The second-order valence-corrected chi connectivity index (χ2v) is 9.22. The molecule has 3 aromatic carbocycles. The van der Waals surface area contributed by atoms with Crippen molar-refractivity contribution in [3.63, 3.8) is 0 Å². The van der Waals surface area contributed by atoms with Gasteiger partial charge in [0.2, 0.25) is 5.43 Å². The number of rotatable bonds is 4. The summed E-state index contributed by atoms with van der Waals surface area (Å²) in [5.74, 6) is -0.882. The molecular weight excluding hydrogens is 455 g/mol. The summed E-state index contributed by atoms with van der Waals surface area (Å²) >= 11 is 0. The number of para-hydroxylation sites is 1. The van der Waals surface area contributed by atoms with Gasteiger partial charge in [0.05, 0.1) is 21.5 Å². The largest absolute Gasteiger partial charge is 0.416 e. The predicted octanol–water partition coefficient (Wildman–Crippen LogP) is 4.80. The van der Waals surface area contributed by atoms with E-state index in [0.29, 0.717) is 0 Å². The van der Waals surface area contributed by atoms with Crippen LogP contribution in [0.25, 0.3) is 10.9 Å². The number of aromatic nitrogens is 1. The molecule has 1 aromatic heterocycles. The molecule has 4 rings (SSSR count). The van der Waals surface area contributed by atoms with E-state index in [1.165, 1.54) is 30.3 Å². The summed E-state index contributed by atoms with van der Waals surface area (Å²) in [6.45, 7) is 1.80. The summed E-state index contributed by atoms with van der Waals surface area (Å²) in [7, 11) is -4.19. The van der Waals surface area contributed by atoms with Crippen molar-refractivity contribution in [3.8, 4) is 0 Å². The van der Waals surface area contributed by atoms with E-state index in [0.717, 1.165) is 40.0 Å². The van der Waals surface area contributed by atoms with Crippen LogP contribution in [0.2, 0.25) is 0 Å². The predicted molar refractivity (Wildman–Crippen MR) is 117 cm³/mol. The van der Waals surface area contributed by atoms with Crippen molar-refractivity contribution >= 4 is 26.7 Å². The van der Waals surface area contributed by atoms with Gasteiger partial charge in [0, 0.05) is 17.1 Å². The molecule has 0 saturated carbocycles. The molecule has 168 valence electrons. The molecule has 5 nitrogen and oxygen atoms in total. The number of benzene rings is 3. The number of alkyl halides is 3. The number of ketones is 1. The van der Waals surface area contributed by atoms with Crippen molar-refractivity contribution in [2.45, 2.75) is 18.0 Å². The second-order valence-electron chi connectivity index (χ2n) is 7.41. The molecule has 33 heavy (non-hydrogen) atoms. The van der Waals surface area contributed by atoms with Crippen LogP contribution in [0.1, 0.15) is 27.0 Å². The molecular formula is C24H16F3NO4S. The van der Waals surface area contributed by atoms with Crippen molar-refractivity contribution in [1.82, 2.24) is 3.97 Å². The van der Waals surface area contributed by atoms with Crippen LogP contribution in [0.3, 0.4) is 0 Å². The van der Waals surface area contributed by atoms with Crippen molar-refractivity contribution in [2.75, 3.05) is 0 Å². The minimum atomic E-state index is -4.58. The number of pyridine rings is 1. The highest BCUT2D eigenvalue weighted by molar-refractivity contribution is 7.90. The van der Waals surface area contributed by atoms with Gasteiger partial charge < -0.3 is 0 Å². The number of halogens is 3. The Morgan fingerprint density at radius 1 is 0.879 bits per heavy atom. The van der Waals surface area contributed by atoms with Crippen LogP contribution < -0.4 is 5.43 Å². The zero-order chi connectivity index (χ0) is 24.0. The Hall–Kier alpha value is -3.72. The van der Waals surface area contributed by atoms with E-state index in [1.54, 1.807) is 25.1 Å². The summed E-state index contributed by atoms with van der Waals surface area (Å²) in [4.78, 5) is 26.0. The average molecular weight is 471 g/mol. The number of hydrogen-bond donors (Lipinski definition) is 0. The first kappa shape index (κ1) is 22.5. The maximum absolute atomic E-state index is 13.4. The fourth-order valence-electron chi connectivity index (χ4n) is 3.40. The highest BCUT2D eigenvalue weighted by Crippen LogP contribution is 2.29.